The standard InChI is InChI=1S/C28H32BrN5O2Si/c1-37(2,3)14-13-36-17-34-24-10-6-7-20(24)25(32-34)26(27-30-22-8-4-5-9-23(22)31-27)33-16-18-11-12-19(29)15-21(18)28(33)35/h4-5,8-9,11-12,15,26H,6-7,10,13-14,16-17H2,1-3H3,(H,30,31). The van der Waals surface area contributed by atoms with Crippen molar-refractivity contribution in [2.24, 2.45) is 0 Å². The maximum Gasteiger partial charge on any atom is 0.255 e. The number of benzene rings is 2. The van der Waals surface area contributed by atoms with Crippen molar-refractivity contribution < 1.29 is 9.53 Å². The highest BCUT2D eigenvalue weighted by Crippen LogP contribution is 2.39. The number of fused-ring (bicyclic) bond motifs is 3. The van der Waals surface area contributed by atoms with Crippen LogP contribution in [0, 0.1) is 0 Å². The van der Waals surface area contributed by atoms with Crippen LogP contribution in [0.3, 0.4) is 0 Å². The van der Waals surface area contributed by atoms with Gasteiger partial charge in [0.05, 0.1) is 16.7 Å². The normalized spacial score (nSPS) is 16.0. The molecule has 6 rings (SSSR count). The van der Waals surface area contributed by atoms with Gasteiger partial charge in [0.1, 0.15) is 18.6 Å². The van der Waals surface area contributed by atoms with E-state index in [0.29, 0.717) is 13.3 Å². The zero-order chi connectivity index (χ0) is 25.7. The Hall–Kier alpha value is -2.75. The van der Waals surface area contributed by atoms with Crippen molar-refractivity contribution >= 4 is 40.9 Å². The van der Waals surface area contributed by atoms with Gasteiger partial charge in [0.15, 0.2) is 0 Å². The van der Waals surface area contributed by atoms with Crippen LogP contribution in [-0.4, -0.2) is 45.2 Å². The van der Waals surface area contributed by atoms with Gasteiger partial charge < -0.3 is 14.6 Å². The summed E-state index contributed by atoms with van der Waals surface area (Å²) in [7, 11) is -1.16. The number of amides is 1. The lowest BCUT2D eigenvalue weighted by atomic mass is 10.1. The van der Waals surface area contributed by atoms with Crippen LogP contribution in [0.15, 0.2) is 46.9 Å². The molecule has 1 unspecified atom stereocenters. The smallest absolute Gasteiger partial charge is 0.255 e. The topological polar surface area (TPSA) is 76.0 Å². The molecule has 9 heteroatoms. The molecule has 2 aliphatic rings. The van der Waals surface area contributed by atoms with Gasteiger partial charge in [0, 0.05) is 37.0 Å². The summed E-state index contributed by atoms with van der Waals surface area (Å²) >= 11 is 3.53. The number of hydrogen-bond acceptors (Lipinski definition) is 4. The molecular weight excluding hydrogens is 546 g/mol. The summed E-state index contributed by atoms with van der Waals surface area (Å²) in [5.74, 6) is 0.759. The van der Waals surface area contributed by atoms with Gasteiger partial charge in [-0.15, -0.1) is 0 Å². The highest BCUT2D eigenvalue weighted by molar-refractivity contribution is 9.10. The summed E-state index contributed by atoms with van der Waals surface area (Å²) in [6.07, 6.45) is 3.02. The Balaban J connectivity index is 1.40. The Morgan fingerprint density at radius 1 is 1.16 bits per heavy atom. The Labute approximate surface area is 226 Å². The molecule has 0 radical (unpaired) electrons. The van der Waals surface area contributed by atoms with Crippen molar-refractivity contribution in [3.05, 3.63) is 80.8 Å². The van der Waals surface area contributed by atoms with E-state index in [2.05, 4.69) is 40.6 Å². The van der Waals surface area contributed by atoms with E-state index in [-0.39, 0.29) is 5.91 Å². The fraction of sp³-hybridized carbons (Fsp3) is 0.393. The zero-order valence-electron chi connectivity index (χ0n) is 21.6. The minimum absolute atomic E-state index is 0.00874. The van der Waals surface area contributed by atoms with Crippen LogP contribution in [0.5, 0.6) is 0 Å². The van der Waals surface area contributed by atoms with E-state index in [1.807, 2.05) is 52.0 Å². The van der Waals surface area contributed by atoms with Crippen molar-refractivity contribution in [1.82, 2.24) is 24.6 Å². The summed E-state index contributed by atoms with van der Waals surface area (Å²) in [5.41, 5.74) is 7.00. The second-order valence-corrected chi connectivity index (χ2v) is 17.8. The second kappa shape index (κ2) is 9.52. The lowest BCUT2D eigenvalue weighted by Gasteiger charge is -2.25. The van der Waals surface area contributed by atoms with Crippen LogP contribution in [-0.2, 0) is 30.9 Å². The summed E-state index contributed by atoms with van der Waals surface area (Å²) in [5, 5.41) is 5.11. The van der Waals surface area contributed by atoms with Crippen LogP contribution in [0.4, 0.5) is 0 Å². The number of carbonyl (C=O) groups excluding carboxylic acids is 1. The summed E-state index contributed by atoms with van der Waals surface area (Å²) < 4.78 is 9.04. The molecule has 0 saturated carbocycles. The first kappa shape index (κ1) is 24.6. The summed E-state index contributed by atoms with van der Waals surface area (Å²) in [4.78, 5) is 24.2. The highest BCUT2D eigenvalue weighted by atomic mass is 79.9. The van der Waals surface area contributed by atoms with Gasteiger partial charge in [-0.2, -0.15) is 5.10 Å². The van der Waals surface area contributed by atoms with Crippen LogP contribution < -0.4 is 0 Å². The molecule has 2 aromatic carbocycles. The van der Waals surface area contributed by atoms with E-state index in [0.717, 1.165) is 70.1 Å². The number of rotatable bonds is 8. The lowest BCUT2D eigenvalue weighted by Crippen LogP contribution is -2.31. The molecule has 192 valence electrons. The van der Waals surface area contributed by atoms with E-state index >= 15 is 0 Å². The van der Waals surface area contributed by atoms with Gasteiger partial charge in [0.25, 0.3) is 5.91 Å². The molecule has 1 amide bonds. The largest absolute Gasteiger partial charge is 0.360 e. The van der Waals surface area contributed by atoms with Gasteiger partial charge in [-0.05, 0) is 60.7 Å². The predicted octanol–water partition coefficient (Wildman–Crippen LogP) is 6.07. The number of imidazole rings is 1. The Morgan fingerprint density at radius 2 is 2.00 bits per heavy atom. The van der Waals surface area contributed by atoms with Gasteiger partial charge >= 0.3 is 0 Å². The molecule has 0 spiro atoms. The molecule has 0 bridgehead atoms. The number of aromatic nitrogens is 4. The second-order valence-electron chi connectivity index (χ2n) is 11.3. The zero-order valence-corrected chi connectivity index (χ0v) is 24.1. The Morgan fingerprint density at radius 3 is 2.81 bits per heavy atom. The molecule has 1 atom stereocenters. The van der Waals surface area contributed by atoms with E-state index in [9.17, 15) is 4.79 Å². The molecule has 7 nitrogen and oxygen atoms in total. The first-order chi connectivity index (χ1) is 17.8. The summed E-state index contributed by atoms with van der Waals surface area (Å²) in [6, 6.07) is 14.7. The van der Waals surface area contributed by atoms with E-state index in [1.165, 1.54) is 11.3 Å². The first-order valence-electron chi connectivity index (χ1n) is 13.0. The monoisotopic (exact) mass is 577 g/mol. The van der Waals surface area contributed by atoms with Crippen molar-refractivity contribution in [2.45, 2.75) is 64.3 Å². The average molecular weight is 579 g/mol. The van der Waals surface area contributed by atoms with Crippen molar-refractivity contribution in [3.8, 4) is 0 Å². The third-order valence-corrected chi connectivity index (χ3v) is 9.59. The van der Waals surface area contributed by atoms with Crippen molar-refractivity contribution in [3.63, 3.8) is 0 Å². The number of nitrogens with one attached hydrogen (secondary N) is 1. The molecule has 1 N–H and O–H groups in total. The number of carbonyl (C=O) groups is 1. The van der Waals surface area contributed by atoms with Gasteiger partial charge in [-0.3, -0.25) is 4.79 Å². The molecule has 1 aliphatic carbocycles. The van der Waals surface area contributed by atoms with E-state index in [4.69, 9.17) is 14.8 Å². The molecule has 37 heavy (non-hydrogen) atoms. The fourth-order valence-corrected chi connectivity index (χ4v) is 6.54. The molecule has 1 aliphatic heterocycles. The average Bonchev–Trinajstić information content (AvgIpc) is 3.62. The quantitative estimate of drug-likeness (QED) is 0.204. The van der Waals surface area contributed by atoms with Gasteiger partial charge in [-0.1, -0.05) is 53.8 Å². The molecule has 2 aromatic heterocycles. The van der Waals surface area contributed by atoms with Crippen molar-refractivity contribution in [1.29, 1.82) is 0 Å². The minimum Gasteiger partial charge on any atom is -0.360 e. The number of hydrogen-bond donors (Lipinski definition) is 1. The third-order valence-electron chi connectivity index (χ3n) is 7.39. The van der Waals surface area contributed by atoms with Crippen molar-refractivity contribution in [2.75, 3.05) is 6.61 Å². The number of para-hydroxylation sites is 2. The number of halogens is 1. The van der Waals surface area contributed by atoms with Crippen LogP contribution in [0.2, 0.25) is 25.7 Å². The number of ether oxygens (including phenoxy) is 1. The summed E-state index contributed by atoms with van der Waals surface area (Å²) in [6.45, 7) is 8.81. The third kappa shape index (κ3) is 4.68. The Kier molecular flexibility index (Phi) is 6.33. The van der Waals surface area contributed by atoms with E-state index < -0.39 is 14.1 Å². The first-order valence-corrected chi connectivity index (χ1v) is 17.5. The Bertz CT molecular complexity index is 1450. The highest BCUT2D eigenvalue weighted by Gasteiger charge is 2.40. The SMILES string of the molecule is C[Si](C)(C)CCOCn1nc(C(c2nc3ccccc3[nH]2)N2Cc3ccc(Br)cc3C2=O)c2c1CCC2. The maximum atomic E-state index is 13.8. The van der Waals surface area contributed by atoms with Crippen LogP contribution in [0.25, 0.3) is 11.0 Å². The van der Waals surface area contributed by atoms with Gasteiger partial charge in [-0.25, -0.2) is 9.67 Å². The number of nitrogens with zero attached hydrogens (tertiary/aromatic N) is 4. The van der Waals surface area contributed by atoms with Gasteiger partial charge in [0.2, 0.25) is 0 Å². The molecule has 3 heterocycles. The lowest BCUT2D eigenvalue weighted by molar-refractivity contribution is 0.0703. The minimum atomic E-state index is -1.16. The van der Waals surface area contributed by atoms with E-state index in [1.54, 1.807) is 0 Å². The molecule has 4 aromatic rings. The number of aromatic amines is 1. The predicted molar refractivity (Wildman–Crippen MR) is 150 cm³/mol. The molecular formula is C28H32BrN5O2Si. The maximum absolute atomic E-state index is 13.8. The van der Waals surface area contributed by atoms with Crippen LogP contribution in [0.1, 0.15) is 51.2 Å². The molecule has 0 fully saturated rings. The number of H-pyrrole nitrogens is 1. The molecule has 0 saturated heterocycles. The van der Waals surface area contributed by atoms with Crippen LogP contribution >= 0.6 is 15.9 Å². The fourth-order valence-electron chi connectivity index (χ4n) is 5.43.